The lowest BCUT2D eigenvalue weighted by atomic mass is 10.2. The Kier molecular flexibility index (Phi) is 2.60. The fourth-order valence-electron chi connectivity index (χ4n) is 0.813. The van der Waals surface area contributed by atoms with Crippen LogP contribution in [0.2, 0.25) is 0 Å². The average Bonchev–Trinajstić information content (AvgIpc) is 2.05. The van der Waals surface area contributed by atoms with Crippen LogP contribution in [0.15, 0.2) is 18.2 Å². The van der Waals surface area contributed by atoms with E-state index in [0.29, 0.717) is 5.56 Å². The molecule has 0 heterocycles. The quantitative estimate of drug-likeness (QED) is 0.708. The number of ether oxygens (including phenoxy) is 1. The topological polar surface area (TPSA) is 35.2 Å². The fraction of sp³-hybridized carbons (Fsp3) is 0.125. The first kappa shape index (κ1) is 8.93. The van der Waals surface area contributed by atoms with Crippen LogP contribution in [0.5, 0.6) is 5.75 Å². The molecule has 4 heteroatoms. The van der Waals surface area contributed by atoms with Gasteiger partial charge in [-0.25, -0.2) is 4.39 Å². The van der Waals surface area contributed by atoms with Gasteiger partial charge in [-0.3, -0.25) is 0 Å². The van der Waals surface area contributed by atoms with Crippen LogP contribution in [-0.4, -0.2) is 12.1 Å². The molecule has 1 aromatic carbocycles. The fourth-order valence-corrected chi connectivity index (χ4v) is 0.940. The van der Waals surface area contributed by atoms with Crippen LogP contribution in [-0.2, 0) is 0 Å². The van der Waals surface area contributed by atoms with Crippen molar-refractivity contribution in [2.75, 3.05) is 7.11 Å². The predicted molar refractivity (Wildman–Crippen MR) is 48.8 cm³/mol. The van der Waals surface area contributed by atoms with Crippen molar-refractivity contribution in [1.29, 1.82) is 0 Å². The maximum atomic E-state index is 12.8. The Hall–Kier alpha value is -1.16. The van der Waals surface area contributed by atoms with Gasteiger partial charge in [-0.1, -0.05) is 12.2 Å². The SMILES string of the molecule is COc1cc(C(N)=S)ccc1F. The second-order valence-electron chi connectivity index (χ2n) is 2.21. The summed E-state index contributed by atoms with van der Waals surface area (Å²) >= 11 is 4.71. The van der Waals surface area contributed by atoms with E-state index < -0.39 is 5.82 Å². The average molecular weight is 185 g/mol. The molecule has 2 N–H and O–H groups in total. The van der Waals surface area contributed by atoms with Gasteiger partial charge in [0.2, 0.25) is 0 Å². The van der Waals surface area contributed by atoms with Crippen LogP contribution in [0.1, 0.15) is 5.56 Å². The van der Waals surface area contributed by atoms with E-state index in [1.54, 1.807) is 0 Å². The first-order valence-electron chi connectivity index (χ1n) is 3.28. The smallest absolute Gasteiger partial charge is 0.165 e. The maximum Gasteiger partial charge on any atom is 0.165 e. The third-order valence-corrected chi connectivity index (χ3v) is 1.67. The van der Waals surface area contributed by atoms with Gasteiger partial charge in [0.25, 0.3) is 0 Å². The standard InChI is InChI=1S/C8H8FNOS/c1-11-7-4-5(8(10)12)2-3-6(7)9/h2-4H,1H3,(H2,10,12). The number of benzene rings is 1. The molecule has 0 saturated carbocycles. The predicted octanol–water partition coefficient (Wildman–Crippen LogP) is 1.47. The summed E-state index contributed by atoms with van der Waals surface area (Å²) in [6.07, 6.45) is 0. The van der Waals surface area contributed by atoms with Gasteiger partial charge in [-0.05, 0) is 18.2 Å². The molecular weight excluding hydrogens is 177 g/mol. The first-order chi connectivity index (χ1) is 5.65. The highest BCUT2D eigenvalue weighted by Crippen LogP contribution is 2.17. The highest BCUT2D eigenvalue weighted by molar-refractivity contribution is 7.80. The molecule has 0 aliphatic heterocycles. The molecule has 12 heavy (non-hydrogen) atoms. The van der Waals surface area contributed by atoms with Gasteiger partial charge < -0.3 is 10.5 Å². The molecule has 0 aromatic heterocycles. The van der Waals surface area contributed by atoms with Crippen LogP contribution in [0.3, 0.4) is 0 Å². The van der Waals surface area contributed by atoms with E-state index in [0.717, 1.165) is 0 Å². The monoisotopic (exact) mass is 185 g/mol. The van der Waals surface area contributed by atoms with E-state index in [4.69, 9.17) is 22.7 Å². The van der Waals surface area contributed by atoms with Gasteiger partial charge in [0.05, 0.1) is 7.11 Å². The molecule has 0 unspecified atom stereocenters. The molecule has 0 spiro atoms. The number of halogens is 1. The zero-order chi connectivity index (χ0) is 9.14. The summed E-state index contributed by atoms with van der Waals surface area (Å²) in [6.45, 7) is 0. The van der Waals surface area contributed by atoms with Gasteiger partial charge in [0, 0.05) is 5.56 Å². The molecular formula is C8H8FNOS. The highest BCUT2D eigenvalue weighted by Gasteiger charge is 2.04. The lowest BCUT2D eigenvalue weighted by Gasteiger charge is -2.03. The molecule has 1 aromatic rings. The van der Waals surface area contributed by atoms with Crippen LogP contribution >= 0.6 is 12.2 Å². The molecule has 64 valence electrons. The van der Waals surface area contributed by atoms with E-state index in [2.05, 4.69) is 0 Å². The molecule has 0 aliphatic rings. The minimum absolute atomic E-state index is 0.153. The van der Waals surface area contributed by atoms with E-state index in [9.17, 15) is 4.39 Å². The molecule has 0 fully saturated rings. The third-order valence-electron chi connectivity index (χ3n) is 1.44. The van der Waals surface area contributed by atoms with E-state index in [1.807, 2.05) is 0 Å². The van der Waals surface area contributed by atoms with Crippen molar-refractivity contribution in [3.63, 3.8) is 0 Å². The Balaban J connectivity index is 3.13. The van der Waals surface area contributed by atoms with Crippen molar-refractivity contribution >= 4 is 17.2 Å². The Labute approximate surface area is 75.1 Å². The first-order valence-corrected chi connectivity index (χ1v) is 3.69. The van der Waals surface area contributed by atoms with Gasteiger partial charge in [0.1, 0.15) is 4.99 Å². The molecule has 0 bridgehead atoms. The second-order valence-corrected chi connectivity index (χ2v) is 2.65. The highest BCUT2D eigenvalue weighted by atomic mass is 32.1. The lowest BCUT2D eigenvalue weighted by Crippen LogP contribution is -2.09. The van der Waals surface area contributed by atoms with Crippen molar-refractivity contribution < 1.29 is 9.13 Å². The molecule has 0 atom stereocenters. The third kappa shape index (κ3) is 1.71. The number of rotatable bonds is 2. The molecule has 0 saturated heterocycles. The van der Waals surface area contributed by atoms with Crippen molar-refractivity contribution in [2.24, 2.45) is 5.73 Å². The Bertz CT molecular complexity index is 314. The summed E-state index contributed by atoms with van der Waals surface area (Å²) < 4.78 is 17.6. The summed E-state index contributed by atoms with van der Waals surface area (Å²) in [5.74, 6) is -0.266. The van der Waals surface area contributed by atoms with Crippen molar-refractivity contribution in [3.05, 3.63) is 29.6 Å². The molecule has 2 nitrogen and oxygen atoms in total. The van der Waals surface area contributed by atoms with Gasteiger partial charge in [0.15, 0.2) is 11.6 Å². The largest absolute Gasteiger partial charge is 0.494 e. The van der Waals surface area contributed by atoms with Gasteiger partial charge in [-0.15, -0.1) is 0 Å². The summed E-state index contributed by atoms with van der Waals surface area (Å²) in [7, 11) is 1.39. The summed E-state index contributed by atoms with van der Waals surface area (Å²) in [6, 6.07) is 4.26. The van der Waals surface area contributed by atoms with Crippen molar-refractivity contribution in [3.8, 4) is 5.75 Å². The van der Waals surface area contributed by atoms with Gasteiger partial charge in [-0.2, -0.15) is 0 Å². The number of hydrogen-bond donors (Lipinski definition) is 1. The van der Waals surface area contributed by atoms with Crippen LogP contribution < -0.4 is 10.5 Å². The van der Waals surface area contributed by atoms with E-state index in [-0.39, 0.29) is 10.7 Å². The molecule has 0 radical (unpaired) electrons. The number of thiocarbonyl (C=S) groups is 1. The zero-order valence-corrected chi connectivity index (χ0v) is 7.32. The van der Waals surface area contributed by atoms with E-state index in [1.165, 1.54) is 25.3 Å². The normalized spacial score (nSPS) is 9.50. The molecule has 0 amide bonds. The van der Waals surface area contributed by atoms with Crippen molar-refractivity contribution in [2.45, 2.75) is 0 Å². The Morgan fingerprint density at radius 3 is 2.75 bits per heavy atom. The summed E-state index contributed by atoms with van der Waals surface area (Å²) in [4.78, 5) is 0.230. The lowest BCUT2D eigenvalue weighted by molar-refractivity contribution is 0.386. The van der Waals surface area contributed by atoms with Crippen LogP contribution in [0, 0.1) is 5.82 Å². The summed E-state index contributed by atoms with van der Waals surface area (Å²) in [5, 5.41) is 0. The Morgan fingerprint density at radius 2 is 2.25 bits per heavy atom. The van der Waals surface area contributed by atoms with Gasteiger partial charge >= 0.3 is 0 Å². The Morgan fingerprint density at radius 1 is 1.58 bits per heavy atom. The maximum absolute atomic E-state index is 12.8. The van der Waals surface area contributed by atoms with E-state index >= 15 is 0 Å². The molecule has 1 rings (SSSR count). The van der Waals surface area contributed by atoms with Crippen molar-refractivity contribution in [1.82, 2.24) is 0 Å². The second kappa shape index (κ2) is 3.49. The number of methoxy groups -OCH3 is 1. The summed E-state index contributed by atoms with van der Waals surface area (Å²) in [5.41, 5.74) is 5.94. The minimum atomic E-state index is -0.419. The molecule has 0 aliphatic carbocycles. The number of hydrogen-bond acceptors (Lipinski definition) is 2. The number of nitrogens with two attached hydrogens (primary N) is 1. The minimum Gasteiger partial charge on any atom is -0.494 e. The van der Waals surface area contributed by atoms with Crippen LogP contribution in [0.25, 0.3) is 0 Å². The zero-order valence-electron chi connectivity index (χ0n) is 6.50. The van der Waals surface area contributed by atoms with Crippen LogP contribution in [0.4, 0.5) is 4.39 Å².